The molecule has 0 saturated carbocycles. The Balaban J connectivity index is 2.39. The van der Waals surface area contributed by atoms with Gasteiger partial charge in [0.2, 0.25) is 0 Å². The Labute approximate surface area is 59.8 Å². The SMILES string of the molecule is C[C@H]1CN(C(=O)[O-])CCN1. The second kappa shape index (κ2) is 2.88. The fourth-order valence-electron chi connectivity index (χ4n) is 1.10. The summed E-state index contributed by atoms with van der Waals surface area (Å²) in [5.74, 6) is 0. The normalized spacial score (nSPS) is 26.5. The van der Waals surface area contributed by atoms with Gasteiger partial charge in [0.1, 0.15) is 6.09 Å². The molecule has 1 N–H and O–H groups in total. The van der Waals surface area contributed by atoms with Gasteiger partial charge in [0.15, 0.2) is 0 Å². The largest absolute Gasteiger partial charge is 0.530 e. The van der Waals surface area contributed by atoms with Gasteiger partial charge >= 0.3 is 0 Å². The molecule has 1 aliphatic heterocycles. The molecule has 4 nitrogen and oxygen atoms in total. The highest BCUT2D eigenvalue weighted by Gasteiger charge is 2.13. The molecular weight excluding hydrogens is 132 g/mol. The third-order valence-corrected chi connectivity index (χ3v) is 1.63. The van der Waals surface area contributed by atoms with Gasteiger partial charge < -0.3 is 20.1 Å². The van der Waals surface area contributed by atoms with E-state index >= 15 is 0 Å². The smallest absolute Gasteiger partial charge is 0.137 e. The second-order valence-electron chi connectivity index (χ2n) is 2.57. The Kier molecular flexibility index (Phi) is 2.11. The van der Waals surface area contributed by atoms with Crippen molar-refractivity contribution in [3.8, 4) is 0 Å². The number of carbonyl (C=O) groups excluding carboxylic acids is 1. The van der Waals surface area contributed by atoms with Crippen LogP contribution in [0.15, 0.2) is 0 Å². The molecule has 0 unspecified atom stereocenters. The lowest BCUT2D eigenvalue weighted by atomic mass is 10.2. The van der Waals surface area contributed by atoms with Crippen molar-refractivity contribution in [2.24, 2.45) is 0 Å². The van der Waals surface area contributed by atoms with Crippen molar-refractivity contribution in [1.29, 1.82) is 0 Å². The summed E-state index contributed by atoms with van der Waals surface area (Å²) in [5, 5.41) is 13.4. The Morgan fingerprint density at radius 1 is 1.80 bits per heavy atom. The van der Waals surface area contributed by atoms with E-state index in [1.54, 1.807) is 0 Å². The average molecular weight is 143 g/mol. The van der Waals surface area contributed by atoms with Crippen molar-refractivity contribution < 1.29 is 9.90 Å². The maximum atomic E-state index is 10.3. The molecule has 1 atom stereocenters. The summed E-state index contributed by atoms with van der Waals surface area (Å²) in [6.07, 6.45) is -1.06. The zero-order valence-corrected chi connectivity index (χ0v) is 5.96. The zero-order chi connectivity index (χ0) is 7.56. The molecule has 0 aromatic carbocycles. The van der Waals surface area contributed by atoms with Crippen molar-refractivity contribution in [2.45, 2.75) is 13.0 Å². The topological polar surface area (TPSA) is 55.4 Å². The summed E-state index contributed by atoms with van der Waals surface area (Å²) < 4.78 is 0. The fourth-order valence-corrected chi connectivity index (χ4v) is 1.10. The number of nitrogens with one attached hydrogen (secondary N) is 1. The lowest BCUT2D eigenvalue weighted by molar-refractivity contribution is -0.266. The van der Waals surface area contributed by atoms with Crippen LogP contribution in [-0.4, -0.2) is 36.7 Å². The molecule has 1 saturated heterocycles. The van der Waals surface area contributed by atoms with Crippen LogP contribution in [0.1, 0.15) is 6.92 Å². The summed E-state index contributed by atoms with van der Waals surface area (Å²) >= 11 is 0. The molecule has 0 spiro atoms. The number of nitrogens with zero attached hydrogens (tertiary/aromatic N) is 1. The Morgan fingerprint density at radius 3 is 2.90 bits per heavy atom. The van der Waals surface area contributed by atoms with Gasteiger partial charge in [0, 0.05) is 25.7 Å². The van der Waals surface area contributed by atoms with Crippen LogP contribution in [0.3, 0.4) is 0 Å². The van der Waals surface area contributed by atoms with E-state index in [4.69, 9.17) is 0 Å². The van der Waals surface area contributed by atoms with E-state index in [2.05, 4.69) is 5.32 Å². The van der Waals surface area contributed by atoms with Crippen LogP contribution in [0.5, 0.6) is 0 Å². The highest BCUT2D eigenvalue weighted by Crippen LogP contribution is 1.96. The molecule has 0 aromatic rings. The van der Waals surface area contributed by atoms with Crippen molar-refractivity contribution in [1.82, 2.24) is 10.2 Å². The minimum absolute atomic E-state index is 0.256. The molecule has 0 aromatic heterocycles. The lowest BCUT2D eigenvalue weighted by Gasteiger charge is -2.33. The summed E-state index contributed by atoms with van der Waals surface area (Å²) in [5.41, 5.74) is 0. The van der Waals surface area contributed by atoms with E-state index in [-0.39, 0.29) is 6.04 Å². The molecule has 1 amide bonds. The molecule has 10 heavy (non-hydrogen) atoms. The van der Waals surface area contributed by atoms with E-state index < -0.39 is 6.09 Å². The van der Waals surface area contributed by atoms with E-state index in [1.165, 1.54) is 4.90 Å². The maximum absolute atomic E-state index is 10.3. The first-order chi connectivity index (χ1) is 4.70. The minimum Gasteiger partial charge on any atom is -0.530 e. The van der Waals surface area contributed by atoms with Crippen LogP contribution < -0.4 is 10.4 Å². The first-order valence-corrected chi connectivity index (χ1v) is 3.39. The standard InChI is InChI=1S/C6H12N2O2/c1-5-4-8(6(9)10)3-2-7-5/h5,7H,2-4H2,1H3,(H,9,10)/p-1/t5-/m0/s1. The Bertz CT molecular complexity index is 138. The predicted molar refractivity (Wildman–Crippen MR) is 34.4 cm³/mol. The molecule has 1 aliphatic rings. The maximum Gasteiger partial charge on any atom is 0.137 e. The molecule has 0 bridgehead atoms. The summed E-state index contributed by atoms with van der Waals surface area (Å²) in [4.78, 5) is 11.6. The zero-order valence-electron chi connectivity index (χ0n) is 5.96. The van der Waals surface area contributed by atoms with Gasteiger partial charge in [0.25, 0.3) is 0 Å². The number of hydrogen-bond donors (Lipinski definition) is 1. The molecule has 1 fully saturated rings. The second-order valence-corrected chi connectivity index (χ2v) is 2.57. The number of piperazine rings is 1. The van der Waals surface area contributed by atoms with Crippen molar-refractivity contribution in [3.63, 3.8) is 0 Å². The third kappa shape index (κ3) is 1.60. The fraction of sp³-hybridized carbons (Fsp3) is 0.833. The van der Waals surface area contributed by atoms with Gasteiger partial charge in [-0.05, 0) is 6.92 Å². The summed E-state index contributed by atoms with van der Waals surface area (Å²) in [7, 11) is 0. The Hall–Kier alpha value is -0.770. The molecule has 0 aliphatic carbocycles. The number of rotatable bonds is 0. The van der Waals surface area contributed by atoms with E-state index in [0.717, 1.165) is 6.54 Å². The van der Waals surface area contributed by atoms with Crippen LogP contribution >= 0.6 is 0 Å². The molecule has 1 rings (SSSR count). The highest BCUT2D eigenvalue weighted by molar-refractivity contribution is 5.62. The quantitative estimate of drug-likeness (QED) is 0.455. The van der Waals surface area contributed by atoms with E-state index in [0.29, 0.717) is 13.1 Å². The summed E-state index contributed by atoms with van der Waals surface area (Å²) in [6.45, 7) is 3.78. The van der Waals surface area contributed by atoms with Crippen LogP contribution in [0.2, 0.25) is 0 Å². The predicted octanol–water partition coefficient (Wildman–Crippen LogP) is -1.38. The van der Waals surface area contributed by atoms with Gasteiger partial charge in [-0.3, -0.25) is 0 Å². The van der Waals surface area contributed by atoms with Crippen molar-refractivity contribution in [3.05, 3.63) is 0 Å². The van der Waals surface area contributed by atoms with Crippen LogP contribution in [0, 0.1) is 0 Å². The summed E-state index contributed by atoms with van der Waals surface area (Å²) in [6, 6.07) is 0.256. The van der Waals surface area contributed by atoms with Gasteiger partial charge in [-0.2, -0.15) is 0 Å². The molecule has 0 radical (unpaired) electrons. The molecular formula is C6H11N2O2-. The molecule has 58 valence electrons. The molecule has 4 heteroatoms. The first-order valence-electron chi connectivity index (χ1n) is 3.39. The number of carbonyl (C=O) groups is 1. The van der Waals surface area contributed by atoms with Gasteiger partial charge in [0.05, 0.1) is 0 Å². The lowest BCUT2D eigenvalue weighted by Crippen LogP contribution is -2.54. The highest BCUT2D eigenvalue weighted by atomic mass is 16.4. The average Bonchev–Trinajstić information content (AvgIpc) is 1.88. The van der Waals surface area contributed by atoms with E-state index in [1.807, 2.05) is 6.92 Å². The number of hydrogen-bond acceptors (Lipinski definition) is 3. The van der Waals surface area contributed by atoms with E-state index in [9.17, 15) is 9.90 Å². The van der Waals surface area contributed by atoms with Crippen LogP contribution in [-0.2, 0) is 0 Å². The van der Waals surface area contributed by atoms with Crippen LogP contribution in [0.4, 0.5) is 4.79 Å². The first kappa shape index (κ1) is 7.34. The molecule has 1 heterocycles. The van der Waals surface area contributed by atoms with Gasteiger partial charge in [-0.1, -0.05) is 0 Å². The Morgan fingerprint density at radius 2 is 2.50 bits per heavy atom. The number of amides is 1. The monoisotopic (exact) mass is 143 g/mol. The minimum atomic E-state index is -1.06. The number of carboxylic acid groups (broad SMARTS) is 1. The third-order valence-electron chi connectivity index (χ3n) is 1.63. The van der Waals surface area contributed by atoms with Crippen molar-refractivity contribution in [2.75, 3.05) is 19.6 Å². The van der Waals surface area contributed by atoms with Gasteiger partial charge in [-0.25, -0.2) is 0 Å². The van der Waals surface area contributed by atoms with Crippen LogP contribution in [0.25, 0.3) is 0 Å². The van der Waals surface area contributed by atoms with Gasteiger partial charge in [-0.15, -0.1) is 0 Å². The van der Waals surface area contributed by atoms with Crippen molar-refractivity contribution >= 4 is 6.09 Å².